The van der Waals surface area contributed by atoms with E-state index in [1.54, 1.807) is 31.1 Å². The van der Waals surface area contributed by atoms with Crippen LogP contribution in [0.5, 0.6) is 0 Å². The highest BCUT2D eigenvalue weighted by Gasteiger charge is 2.45. The number of rotatable bonds is 8. The minimum Gasteiger partial charge on any atom is -0.355 e. The molecule has 2 aliphatic rings. The summed E-state index contributed by atoms with van der Waals surface area (Å²) in [5.74, 6) is 0.0591. The van der Waals surface area contributed by atoms with Crippen molar-refractivity contribution in [3.05, 3.63) is 75.6 Å². The molecule has 0 radical (unpaired) electrons. The summed E-state index contributed by atoms with van der Waals surface area (Å²) in [7, 11) is 3.20. The number of nitrogens with zero attached hydrogens (tertiary/aromatic N) is 5. The zero-order valence-electron chi connectivity index (χ0n) is 24.0. The molecule has 12 nitrogen and oxygen atoms in total. The smallest absolute Gasteiger partial charge is 0.251 e. The highest BCUT2D eigenvalue weighted by molar-refractivity contribution is 5.95. The van der Waals surface area contributed by atoms with Gasteiger partial charge in [-0.3, -0.25) is 14.4 Å². The maximum atomic E-state index is 13.0. The number of carbonyl (C=O) groups is 3. The number of aromatic nitrogens is 4. The Bertz CT molecular complexity index is 1460. The second-order valence-corrected chi connectivity index (χ2v) is 10.9. The molecule has 1 unspecified atom stereocenters. The molecule has 4 N–H and O–H groups in total. The van der Waals surface area contributed by atoms with Gasteiger partial charge in [0.05, 0.1) is 18.0 Å². The molecule has 3 amide bonds. The van der Waals surface area contributed by atoms with Gasteiger partial charge in [0.2, 0.25) is 5.91 Å². The number of amides is 3. The van der Waals surface area contributed by atoms with E-state index in [9.17, 15) is 19.6 Å². The van der Waals surface area contributed by atoms with Gasteiger partial charge in [0.15, 0.2) is 5.82 Å². The molecule has 0 spiro atoms. The topological polar surface area (TPSA) is 169 Å². The molecule has 1 aromatic heterocycles. The zero-order chi connectivity index (χ0) is 29.9. The van der Waals surface area contributed by atoms with Gasteiger partial charge in [0.1, 0.15) is 6.04 Å². The maximum Gasteiger partial charge on any atom is 0.251 e. The molecule has 218 valence electrons. The monoisotopic (exact) mass is 569 g/mol. The van der Waals surface area contributed by atoms with Gasteiger partial charge in [-0.05, 0) is 96.0 Å². The van der Waals surface area contributed by atoms with E-state index in [0.717, 1.165) is 28.7 Å². The summed E-state index contributed by atoms with van der Waals surface area (Å²) in [5.41, 5.74) is 4.06. The number of H-pyrrole nitrogens is 1. The number of aromatic amines is 1. The summed E-state index contributed by atoms with van der Waals surface area (Å²) in [6.45, 7) is 2.69. The van der Waals surface area contributed by atoms with Crippen LogP contribution < -0.4 is 16.0 Å². The van der Waals surface area contributed by atoms with Gasteiger partial charge < -0.3 is 20.9 Å². The van der Waals surface area contributed by atoms with E-state index in [0.29, 0.717) is 49.2 Å². The second-order valence-electron chi connectivity index (χ2n) is 10.9. The third-order valence-corrected chi connectivity index (χ3v) is 8.46. The molecule has 5 rings (SSSR count). The first kappa shape index (κ1) is 28.9. The molecular formula is C30H35N9O3. The fourth-order valence-electron chi connectivity index (χ4n) is 6.42. The Hall–Kier alpha value is -4.63. The molecule has 2 atom stereocenters. The van der Waals surface area contributed by atoms with Gasteiger partial charge in [-0.25, -0.2) is 5.10 Å². The molecular weight excluding hydrogens is 534 g/mol. The number of likely N-dealkylation sites (tertiary alicyclic amines) is 1. The van der Waals surface area contributed by atoms with Crippen molar-refractivity contribution >= 4 is 17.7 Å². The Morgan fingerprint density at radius 2 is 1.69 bits per heavy atom. The molecule has 0 bridgehead atoms. The Morgan fingerprint density at radius 1 is 1.07 bits per heavy atom. The van der Waals surface area contributed by atoms with Gasteiger partial charge in [-0.1, -0.05) is 12.1 Å². The van der Waals surface area contributed by atoms with E-state index >= 15 is 0 Å². The lowest BCUT2D eigenvalue weighted by Gasteiger charge is -2.37. The van der Waals surface area contributed by atoms with Crippen LogP contribution >= 0.6 is 0 Å². The van der Waals surface area contributed by atoms with Crippen molar-refractivity contribution in [3.8, 4) is 6.07 Å². The van der Waals surface area contributed by atoms with Gasteiger partial charge in [0, 0.05) is 37.8 Å². The molecule has 1 saturated heterocycles. The van der Waals surface area contributed by atoms with Crippen molar-refractivity contribution in [1.29, 1.82) is 5.26 Å². The van der Waals surface area contributed by atoms with Crippen molar-refractivity contribution in [2.45, 2.75) is 56.5 Å². The number of fused-ring (bicyclic) bond motifs is 2. The summed E-state index contributed by atoms with van der Waals surface area (Å²) in [5, 5.41) is 33.5. The van der Waals surface area contributed by atoms with Crippen molar-refractivity contribution < 1.29 is 14.4 Å². The fourth-order valence-corrected chi connectivity index (χ4v) is 6.42. The fraction of sp³-hybridized carbons (Fsp3) is 0.433. The lowest BCUT2D eigenvalue weighted by atomic mass is 9.67. The predicted molar refractivity (Wildman–Crippen MR) is 154 cm³/mol. The minimum absolute atomic E-state index is 0.0923. The summed E-state index contributed by atoms with van der Waals surface area (Å²) in [6.07, 6.45) is 3.27. The van der Waals surface area contributed by atoms with E-state index in [1.807, 2.05) is 31.2 Å². The zero-order valence-corrected chi connectivity index (χ0v) is 24.0. The summed E-state index contributed by atoms with van der Waals surface area (Å²) < 4.78 is 0. The third kappa shape index (κ3) is 5.23. The molecule has 2 heterocycles. The first-order valence-electron chi connectivity index (χ1n) is 14.2. The standard InChI is InChI=1S/C30H35N9O3/c1-18(34-17-26(40)39-12-4-5-23(39)16-31)15-30(29-35-37-38-36-29)24-10-8-21(27(41)32-2)13-19(24)6-7-20-14-22(28(42)33-3)9-11-25(20)30/h8-11,13-14,18,23,34H,4-7,12,15,17H2,1-3H3,(H,32,41)(H,33,42)(H,35,36,37,38)/t18-,23?/m0/s1. The Kier molecular flexibility index (Phi) is 8.31. The highest BCUT2D eigenvalue weighted by Crippen LogP contribution is 2.47. The van der Waals surface area contributed by atoms with Crippen LogP contribution in [-0.2, 0) is 23.1 Å². The normalized spacial score (nSPS) is 17.8. The number of tetrazole rings is 1. The number of hydrogen-bond acceptors (Lipinski definition) is 8. The molecule has 1 aliphatic heterocycles. The van der Waals surface area contributed by atoms with Gasteiger partial charge in [0.25, 0.3) is 11.8 Å². The number of carbonyl (C=O) groups excluding carboxylic acids is 3. The van der Waals surface area contributed by atoms with Crippen molar-refractivity contribution in [2.75, 3.05) is 27.2 Å². The van der Waals surface area contributed by atoms with E-state index in [1.165, 1.54) is 0 Å². The predicted octanol–water partition coefficient (Wildman–Crippen LogP) is 1.23. The second kappa shape index (κ2) is 12.1. The van der Waals surface area contributed by atoms with E-state index in [-0.39, 0.29) is 36.3 Å². The van der Waals surface area contributed by atoms with Crippen LogP contribution in [0.2, 0.25) is 0 Å². The highest BCUT2D eigenvalue weighted by atomic mass is 16.2. The van der Waals surface area contributed by atoms with Crippen molar-refractivity contribution in [1.82, 2.24) is 41.5 Å². The Balaban J connectivity index is 1.59. The molecule has 42 heavy (non-hydrogen) atoms. The molecule has 1 fully saturated rings. The van der Waals surface area contributed by atoms with Crippen LogP contribution in [-0.4, -0.2) is 82.5 Å². The average Bonchev–Trinajstić information content (AvgIpc) is 3.71. The van der Waals surface area contributed by atoms with Gasteiger partial charge in [-0.15, -0.1) is 5.10 Å². The van der Waals surface area contributed by atoms with Crippen molar-refractivity contribution in [3.63, 3.8) is 0 Å². The van der Waals surface area contributed by atoms with Crippen LogP contribution in [0.25, 0.3) is 0 Å². The van der Waals surface area contributed by atoms with Crippen LogP contribution in [0, 0.1) is 11.3 Å². The number of nitrogens with one attached hydrogen (secondary N) is 4. The van der Waals surface area contributed by atoms with Gasteiger partial charge in [-0.2, -0.15) is 5.26 Å². The lowest BCUT2D eigenvalue weighted by Crippen LogP contribution is -2.45. The summed E-state index contributed by atoms with van der Waals surface area (Å²) in [6, 6.07) is 13.0. The summed E-state index contributed by atoms with van der Waals surface area (Å²) >= 11 is 0. The van der Waals surface area contributed by atoms with Gasteiger partial charge >= 0.3 is 0 Å². The Morgan fingerprint density at radius 3 is 2.21 bits per heavy atom. The molecule has 1 aliphatic carbocycles. The third-order valence-electron chi connectivity index (χ3n) is 8.46. The minimum atomic E-state index is -0.884. The van der Waals surface area contributed by atoms with E-state index in [2.05, 4.69) is 42.6 Å². The number of benzene rings is 2. The number of hydrogen-bond donors (Lipinski definition) is 4. The van der Waals surface area contributed by atoms with Crippen LogP contribution in [0.3, 0.4) is 0 Å². The quantitative estimate of drug-likeness (QED) is 0.314. The number of nitriles is 1. The van der Waals surface area contributed by atoms with E-state index < -0.39 is 5.41 Å². The molecule has 12 heteroatoms. The summed E-state index contributed by atoms with van der Waals surface area (Å²) in [4.78, 5) is 39.8. The van der Waals surface area contributed by atoms with Crippen LogP contribution in [0.15, 0.2) is 36.4 Å². The first-order valence-corrected chi connectivity index (χ1v) is 14.2. The lowest BCUT2D eigenvalue weighted by molar-refractivity contribution is -0.130. The SMILES string of the molecule is CNC(=O)c1ccc2c(c1)CCc1cc(C(=O)NC)ccc1C2(C[C@H](C)NCC(=O)N1CCCC1C#N)c1nnn[nH]1. The first-order chi connectivity index (χ1) is 20.3. The van der Waals surface area contributed by atoms with E-state index in [4.69, 9.17) is 0 Å². The maximum absolute atomic E-state index is 13.0. The molecule has 3 aromatic rings. The average molecular weight is 570 g/mol. The van der Waals surface area contributed by atoms with Crippen LogP contribution in [0.1, 0.15) is 75.0 Å². The van der Waals surface area contributed by atoms with Crippen LogP contribution in [0.4, 0.5) is 0 Å². The Labute approximate surface area is 244 Å². The number of aryl methyl sites for hydroxylation is 2. The van der Waals surface area contributed by atoms with Crippen molar-refractivity contribution in [2.24, 2.45) is 0 Å². The largest absolute Gasteiger partial charge is 0.355 e. The molecule has 2 aromatic carbocycles. The molecule has 0 saturated carbocycles.